The van der Waals surface area contributed by atoms with Crippen LogP contribution in [0.25, 0.3) is 0 Å². The van der Waals surface area contributed by atoms with E-state index >= 15 is 0 Å². The fourth-order valence-electron chi connectivity index (χ4n) is 1.03. The first kappa shape index (κ1) is 12.0. The third kappa shape index (κ3) is 4.83. The zero-order chi connectivity index (χ0) is 11.3. The van der Waals surface area contributed by atoms with Crippen LogP contribution in [-0.2, 0) is 0 Å². The predicted molar refractivity (Wildman–Crippen MR) is 69.1 cm³/mol. The van der Waals surface area contributed by atoms with E-state index in [1.165, 1.54) is 0 Å². The van der Waals surface area contributed by atoms with Crippen molar-refractivity contribution in [2.75, 3.05) is 11.9 Å². The minimum Gasteiger partial charge on any atom is -0.370 e. The number of nitrogens with one attached hydrogen (secondary N) is 1. The molecule has 0 fully saturated rings. The number of halogens is 1. The minimum atomic E-state index is 0.460. The van der Waals surface area contributed by atoms with Gasteiger partial charge in [-0.25, -0.2) is 0 Å². The lowest BCUT2D eigenvalue weighted by atomic mass is 10.2. The molecule has 0 heterocycles. The second-order valence-corrected chi connectivity index (χ2v) is 4.67. The van der Waals surface area contributed by atoms with Crippen molar-refractivity contribution in [1.29, 1.82) is 0 Å². The van der Waals surface area contributed by atoms with E-state index in [4.69, 9.17) is 5.73 Å². The second-order valence-electron chi connectivity index (χ2n) is 3.76. The average Bonchev–Trinajstić information content (AvgIpc) is 2.15. The molecule has 1 aromatic carbocycles. The molecule has 0 atom stereocenters. The van der Waals surface area contributed by atoms with Gasteiger partial charge in [0.1, 0.15) is 0 Å². The summed E-state index contributed by atoms with van der Waals surface area (Å²) in [5.74, 6) is 0.981. The molecular formula is C11H16BrN3. The van der Waals surface area contributed by atoms with Crippen LogP contribution in [0.4, 0.5) is 5.69 Å². The van der Waals surface area contributed by atoms with Crippen molar-refractivity contribution in [2.24, 2.45) is 16.6 Å². The number of nitrogens with zero attached hydrogens (tertiary/aromatic N) is 1. The Morgan fingerprint density at radius 1 is 1.53 bits per heavy atom. The van der Waals surface area contributed by atoms with Gasteiger partial charge in [0.05, 0.1) is 0 Å². The van der Waals surface area contributed by atoms with Crippen molar-refractivity contribution in [3.63, 3.8) is 0 Å². The highest BCUT2D eigenvalue weighted by molar-refractivity contribution is 9.10. The van der Waals surface area contributed by atoms with Gasteiger partial charge in [0.2, 0.25) is 0 Å². The van der Waals surface area contributed by atoms with Crippen molar-refractivity contribution in [3.05, 3.63) is 28.7 Å². The van der Waals surface area contributed by atoms with E-state index in [-0.39, 0.29) is 0 Å². The van der Waals surface area contributed by atoms with Crippen LogP contribution in [0, 0.1) is 5.92 Å². The lowest BCUT2D eigenvalue weighted by molar-refractivity contribution is 0.665. The highest BCUT2D eigenvalue weighted by Crippen LogP contribution is 2.15. The zero-order valence-electron chi connectivity index (χ0n) is 9.00. The maximum Gasteiger partial charge on any atom is 0.193 e. The van der Waals surface area contributed by atoms with Crippen molar-refractivity contribution in [2.45, 2.75) is 13.8 Å². The number of nitrogens with two attached hydrogens (primary N) is 1. The SMILES string of the molecule is CC(C)CN=C(N)Nc1cccc(Br)c1. The quantitative estimate of drug-likeness (QED) is 0.655. The van der Waals surface area contributed by atoms with Gasteiger partial charge < -0.3 is 11.1 Å². The standard InChI is InChI=1S/C11H16BrN3/c1-8(2)7-14-11(13)15-10-5-3-4-9(12)6-10/h3-6,8H,7H2,1-2H3,(H3,13,14,15). The molecule has 0 aliphatic heterocycles. The highest BCUT2D eigenvalue weighted by Gasteiger charge is 1.96. The Morgan fingerprint density at radius 2 is 2.27 bits per heavy atom. The molecule has 0 aromatic heterocycles. The molecule has 1 rings (SSSR count). The smallest absolute Gasteiger partial charge is 0.193 e. The molecule has 1 aromatic rings. The molecule has 4 heteroatoms. The zero-order valence-corrected chi connectivity index (χ0v) is 10.6. The van der Waals surface area contributed by atoms with Crippen LogP contribution in [0.1, 0.15) is 13.8 Å². The molecule has 0 unspecified atom stereocenters. The van der Waals surface area contributed by atoms with Crippen LogP contribution < -0.4 is 11.1 Å². The summed E-state index contributed by atoms with van der Waals surface area (Å²) >= 11 is 3.39. The van der Waals surface area contributed by atoms with Gasteiger partial charge >= 0.3 is 0 Å². The van der Waals surface area contributed by atoms with Crippen LogP contribution in [0.15, 0.2) is 33.7 Å². The number of anilines is 1. The number of benzene rings is 1. The van der Waals surface area contributed by atoms with E-state index in [0.717, 1.165) is 16.7 Å². The molecule has 0 aliphatic carbocycles. The minimum absolute atomic E-state index is 0.460. The van der Waals surface area contributed by atoms with Crippen LogP contribution in [0.2, 0.25) is 0 Å². The maximum atomic E-state index is 5.73. The number of hydrogen-bond acceptors (Lipinski definition) is 1. The highest BCUT2D eigenvalue weighted by atomic mass is 79.9. The van der Waals surface area contributed by atoms with E-state index in [2.05, 4.69) is 40.1 Å². The molecule has 3 N–H and O–H groups in total. The maximum absolute atomic E-state index is 5.73. The lowest BCUT2D eigenvalue weighted by Gasteiger charge is -2.06. The van der Waals surface area contributed by atoms with Gasteiger partial charge in [-0.3, -0.25) is 4.99 Å². The van der Waals surface area contributed by atoms with Crippen molar-refractivity contribution in [3.8, 4) is 0 Å². The van der Waals surface area contributed by atoms with Gasteiger partial charge in [-0.1, -0.05) is 35.8 Å². The van der Waals surface area contributed by atoms with E-state index in [1.54, 1.807) is 0 Å². The number of aliphatic imine (C=N–C) groups is 1. The normalized spacial score (nSPS) is 11.9. The van der Waals surface area contributed by atoms with Crippen molar-refractivity contribution < 1.29 is 0 Å². The monoisotopic (exact) mass is 269 g/mol. The Morgan fingerprint density at radius 3 is 2.87 bits per heavy atom. The van der Waals surface area contributed by atoms with Crippen molar-refractivity contribution >= 4 is 27.6 Å². The Balaban J connectivity index is 2.58. The summed E-state index contributed by atoms with van der Waals surface area (Å²) in [4.78, 5) is 4.22. The summed E-state index contributed by atoms with van der Waals surface area (Å²) in [6, 6.07) is 7.81. The fourth-order valence-corrected chi connectivity index (χ4v) is 1.43. The first-order chi connectivity index (χ1) is 7.08. The van der Waals surface area contributed by atoms with Gasteiger partial charge in [0.15, 0.2) is 5.96 Å². The fraction of sp³-hybridized carbons (Fsp3) is 0.364. The van der Waals surface area contributed by atoms with Crippen LogP contribution in [0.5, 0.6) is 0 Å². The number of hydrogen-bond donors (Lipinski definition) is 2. The summed E-state index contributed by atoms with van der Waals surface area (Å²) in [6.07, 6.45) is 0. The van der Waals surface area contributed by atoms with Crippen LogP contribution >= 0.6 is 15.9 Å². The Labute approximate surface area is 98.9 Å². The molecule has 82 valence electrons. The number of guanidine groups is 1. The van der Waals surface area contributed by atoms with Crippen molar-refractivity contribution in [1.82, 2.24) is 0 Å². The van der Waals surface area contributed by atoms with Crippen LogP contribution in [0.3, 0.4) is 0 Å². The summed E-state index contributed by atoms with van der Waals surface area (Å²) in [7, 11) is 0. The summed E-state index contributed by atoms with van der Waals surface area (Å²) in [5.41, 5.74) is 6.67. The molecule has 0 radical (unpaired) electrons. The van der Waals surface area contributed by atoms with Gasteiger partial charge in [0.25, 0.3) is 0 Å². The topological polar surface area (TPSA) is 50.4 Å². The van der Waals surface area contributed by atoms with Gasteiger partial charge in [-0.15, -0.1) is 0 Å². The first-order valence-electron chi connectivity index (χ1n) is 4.90. The van der Waals surface area contributed by atoms with E-state index in [1.807, 2.05) is 24.3 Å². The molecule has 0 amide bonds. The number of rotatable bonds is 3. The molecule has 0 saturated carbocycles. The average molecular weight is 270 g/mol. The molecule has 3 nitrogen and oxygen atoms in total. The van der Waals surface area contributed by atoms with Gasteiger partial charge in [-0.05, 0) is 24.1 Å². The third-order valence-corrected chi connectivity index (χ3v) is 2.22. The molecule has 0 spiro atoms. The summed E-state index contributed by atoms with van der Waals surface area (Å²) in [5, 5.41) is 3.04. The third-order valence-electron chi connectivity index (χ3n) is 1.72. The predicted octanol–water partition coefficient (Wildman–Crippen LogP) is 2.83. The molecule has 0 aliphatic rings. The van der Waals surface area contributed by atoms with E-state index in [0.29, 0.717) is 11.9 Å². The lowest BCUT2D eigenvalue weighted by Crippen LogP contribution is -2.23. The molecule has 0 saturated heterocycles. The summed E-state index contributed by atoms with van der Waals surface area (Å²) < 4.78 is 1.02. The van der Waals surface area contributed by atoms with Crippen LogP contribution in [-0.4, -0.2) is 12.5 Å². The Hall–Kier alpha value is -1.03. The van der Waals surface area contributed by atoms with E-state index < -0.39 is 0 Å². The largest absolute Gasteiger partial charge is 0.370 e. The molecule has 15 heavy (non-hydrogen) atoms. The second kappa shape index (κ2) is 5.75. The van der Waals surface area contributed by atoms with Gasteiger partial charge in [0, 0.05) is 16.7 Å². The summed E-state index contributed by atoms with van der Waals surface area (Å²) in [6.45, 7) is 4.96. The Bertz CT molecular complexity index is 347. The van der Waals surface area contributed by atoms with E-state index in [9.17, 15) is 0 Å². The molecular weight excluding hydrogens is 254 g/mol. The molecule has 0 bridgehead atoms. The van der Waals surface area contributed by atoms with Gasteiger partial charge in [-0.2, -0.15) is 0 Å². The first-order valence-corrected chi connectivity index (χ1v) is 5.69. The Kier molecular flexibility index (Phi) is 4.62.